The molecule has 0 bridgehead atoms. The summed E-state index contributed by atoms with van der Waals surface area (Å²) in [6.45, 7) is 5.92. The molecule has 0 saturated carbocycles. The van der Waals surface area contributed by atoms with Crippen LogP contribution >= 0.6 is 0 Å². The van der Waals surface area contributed by atoms with Crippen molar-refractivity contribution in [2.24, 2.45) is 0 Å². The molecule has 1 fully saturated rings. The van der Waals surface area contributed by atoms with Gasteiger partial charge in [0.1, 0.15) is 5.82 Å². The summed E-state index contributed by atoms with van der Waals surface area (Å²) in [6, 6.07) is 3.50. The molecule has 1 aliphatic heterocycles. The van der Waals surface area contributed by atoms with Gasteiger partial charge < -0.3 is 15.5 Å². The number of nitrogens with one attached hydrogen (secondary N) is 2. The number of carbonyl (C=O) groups excluding carboxylic acids is 2. The molecule has 1 saturated heterocycles. The Labute approximate surface area is 118 Å². The fourth-order valence-corrected chi connectivity index (χ4v) is 2.13. The first kappa shape index (κ1) is 14.3. The molecule has 2 rings (SSSR count). The van der Waals surface area contributed by atoms with Crippen LogP contribution in [0.4, 0.5) is 5.82 Å². The monoisotopic (exact) mass is 276 g/mol. The van der Waals surface area contributed by atoms with Gasteiger partial charge in [0, 0.05) is 30.9 Å². The van der Waals surface area contributed by atoms with Crippen molar-refractivity contribution in [1.29, 1.82) is 0 Å². The molecule has 2 heterocycles. The van der Waals surface area contributed by atoms with Crippen molar-refractivity contribution in [2.45, 2.75) is 20.3 Å². The molecule has 0 aromatic carbocycles. The lowest BCUT2D eigenvalue weighted by molar-refractivity contribution is -0.123. The van der Waals surface area contributed by atoms with Crippen LogP contribution in [0.1, 0.15) is 29.4 Å². The van der Waals surface area contributed by atoms with Gasteiger partial charge in [-0.05, 0) is 25.5 Å². The zero-order valence-corrected chi connectivity index (χ0v) is 11.9. The predicted molar refractivity (Wildman–Crippen MR) is 76.7 cm³/mol. The number of aryl methyl sites for hydroxylation is 1. The standard InChI is InChI=1S/C14H20N4O2/c1-3-4-15-12-8-11(7-10(2)17-12)14(20)18-6-5-16-13(19)9-18/h7-8H,3-6,9H2,1-2H3,(H,15,17)(H,16,19). The van der Waals surface area contributed by atoms with E-state index in [1.807, 2.05) is 6.92 Å². The molecule has 0 aliphatic carbocycles. The summed E-state index contributed by atoms with van der Waals surface area (Å²) in [7, 11) is 0. The molecule has 0 spiro atoms. The summed E-state index contributed by atoms with van der Waals surface area (Å²) in [4.78, 5) is 29.7. The molecule has 1 aliphatic rings. The van der Waals surface area contributed by atoms with Gasteiger partial charge in [0.25, 0.3) is 5.91 Å². The van der Waals surface area contributed by atoms with Gasteiger partial charge in [-0.2, -0.15) is 0 Å². The molecule has 108 valence electrons. The summed E-state index contributed by atoms with van der Waals surface area (Å²) in [5.74, 6) is 0.473. The van der Waals surface area contributed by atoms with Gasteiger partial charge >= 0.3 is 0 Å². The van der Waals surface area contributed by atoms with Crippen LogP contribution in [0.2, 0.25) is 0 Å². The van der Waals surface area contributed by atoms with E-state index in [-0.39, 0.29) is 18.4 Å². The number of piperazine rings is 1. The van der Waals surface area contributed by atoms with E-state index >= 15 is 0 Å². The van der Waals surface area contributed by atoms with Crippen molar-refractivity contribution in [3.8, 4) is 0 Å². The minimum atomic E-state index is -0.120. The lowest BCUT2D eigenvalue weighted by Crippen LogP contribution is -2.50. The van der Waals surface area contributed by atoms with Gasteiger partial charge in [-0.1, -0.05) is 6.92 Å². The van der Waals surface area contributed by atoms with Crippen LogP contribution in [-0.2, 0) is 4.79 Å². The third-order valence-corrected chi connectivity index (χ3v) is 3.08. The van der Waals surface area contributed by atoms with Gasteiger partial charge in [0.2, 0.25) is 5.91 Å². The summed E-state index contributed by atoms with van der Waals surface area (Å²) in [5, 5.41) is 5.89. The van der Waals surface area contributed by atoms with Crippen LogP contribution in [-0.4, -0.2) is 47.9 Å². The summed E-state index contributed by atoms with van der Waals surface area (Å²) in [5.41, 5.74) is 1.36. The van der Waals surface area contributed by atoms with Gasteiger partial charge in [0.05, 0.1) is 6.54 Å². The number of carbonyl (C=O) groups is 2. The van der Waals surface area contributed by atoms with Gasteiger partial charge in [0.15, 0.2) is 0 Å². The highest BCUT2D eigenvalue weighted by molar-refractivity contribution is 5.97. The summed E-state index contributed by atoms with van der Waals surface area (Å²) < 4.78 is 0. The Balaban J connectivity index is 2.16. The largest absolute Gasteiger partial charge is 0.370 e. The van der Waals surface area contributed by atoms with E-state index < -0.39 is 0 Å². The number of hydrogen-bond acceptors (Lipinski definition) is 4. The predicted octanol–water partition coefficient (Wildman–Crippen LogP) is 0.784. The Hall–Kier alpha value is -2.11. The van der Waals surface area contributed by atoms with E-state index in [4.69, 9.17) is 0 Å². The molecule has 20 heavy (non-hydrogen) atoms. The maximum Gasteiger partial charge on any atom is 0.254 e. The molecule has 0 unspecified atom stereocenters. The summed E-state index contributed by atoms with van der Waals surface area (Å²) in [6.07, 6.45) is 0.991. The Morgan fingerprint density at radius 2 is 2.30 bits per heavy atom. The average molecular weight is 276 g/mol. The van der Waals surface area contributed by atoms with Crippen LogP contribution in [0, 0.1) is 6.92 Å². The van der Waals surface area contributed by atoms with Crippen molar-refractivity contribution >= 4 is 17.6 Å². The Morgan fingerprint density at radius 1 is 1.50 bits per heavy atom. The fourth-order valence-electron chi connectivity index (χ4n) is 2.13. The van der Waals surface area contributed by atoms with Gasteiger partial charge in [-0.3, -0.25) is 9.59 Å². The topological polar surface area (TPSA) is 74.3 Å². The molecule has 6 nitrogen and oxygen atoms in total. The van der Waals surface area contributed by atoms with E-state index in [0.717, 1.165) is 18.7 Å². The second-order valence-electron chi connectivity index (χ2n) is 4.89. The van der Waals surface area contributed by atoms with Crippen LogP contribution < -0.4 is 10.6 Å². The number of pyridine rings is 1. The Morgan fingerprint density at radius 3 is 3.00 bits per heavy atom. The maximum atomic E-state index is 12.4. The lowest BCUT2D eigenvalue weighted by Gasteiger charge is -2.26. The maximum absolute atomic E-state index is 12.4. The van der Waals surface area contributed by atoms with Crippen molar-refractivity contribution in [3.63, 3.8) is 0 Å². The van der Waals surface area contributed by atoms with Crippen molar-refractivity contribution in [3.05, 3.63) is 23.4 Å². The molecular formula is C14H20N4O2. The van der Waals surface area contributed by atoms with E-state index in [1.165, 1.54) is 0 Å². The van der Waals surface area contributed by atoms with E-state index in [9.17, 15) is 9.59 Å². The molecule has 1 aromatic heterocycles. The molecule has 1 aromatic rings. The number of amides is 2. The number of hydrogen-bond donors (Lipinski definition) is 2. The minimum absolute atomic E-state index is 0.111. The number of aromatic nitrogens is 1. The van der Waals surface area contributed by atoms with Crippen molar-refractivity contribution in [1.82, 2.24) is 15.2 Å². The number of nitrogens with zero attached hydrogens (tertiary/aromatic N) is 2. The molecular weight excluding hydrogens is 256 g/mol. The molecule has 2 N–H and O–H groups in total. The zero-order valence-electron chi connectivity index (χ0n) is 11.9. The van der Waals surface area contributed by atoms with Crippen LogP contribution in [0.3, 0.4) is 0 Å². The first-order valence-corrected chi connectivity index (χ1v) is 6.88. The molecule has 0 atom stereocenters. The van der Waals surface area contributed by atoms with Crippen LogP contribution in [0.25, 0.3) is 0 Å². The average Bonchev–Trinajstić information content (AvgIpc) is 2.43. The van der Waals surface area contributed by atoms with Crippen LogP contribution in [0.15, 0.2) is 12.1 Å². The number of rotatable bonds is 4. The van der Waals surface area contributed by atoms with Gasteiger partial charge in [-0.25, -0.2) is 4.98 Å². The quantitative estimate of drug-likeness (QED) is 0.852. The van der Waals surface area contributed by atoms with Crippen molar-refractivity contribution in [2.75, 3.05) is 31.5 Å². The minimum Gasteiger partial charge on any atom is -0.370 e. The normalized spacial score (nSPS) is 14.9. The Kier molecular flexibility index (Phi) is 4.55. The van der Waals surface area contributed by atoms with Crippen LogP contribution in [0.5, 0.6) is 0 Å². The lowest BCUT2D eigenvalue weighted by atomic mass is 10.2. The summed E-state index contributed by atoms with van der Waals surface area (Å²) >= 11 is 0. The highest BCUT2D eigenvalue weighted by atomic mass is 16.2. The van der Waals surface area contributed by atoms with Gasteiger partial charge in [-0.15, -0.1) is 0 Å². The number of anilines is 1. The van der Waals surface area contributed by atoms with E-state index in [2.05, 4.69) is 22.5 Å². The third-order valence-electron chi connectivity index (χ3n) is 3.08. The molecule has 2 amide bonds. The third kappa shape index (κ3) is 3.46. The Bertz CT molecular complexity index is 516. The first-order chi connectivity index (χ1) is 9.60. The van der Waals surface area contributed by atoms with Crippen molar-refractivity contribution < 1.29 is 9.59 Å². The fraction of sp³-hybridized carbons (Fsp3) is 0.500. The highest BCUT2D eigenvalue weighted by Crippen LogP contribution is 2.13. The van der Waals surface area contributed by atoms with E-state index in [0.29, 0.717) is 24.5 Å². The zero-order chi connectivity index (χ0) is 14.5. The van der Waals surface area contributed by atoms with E-state index in [1.54, 1.807) is 17.0 Å². The molecule has 0 radical (unpaired) electrons. The highest BCUT2D eigenvalue weighted by Gasteiger charge is 2.22. The second kappa shape index (κ2) is 6.36. The SMILES string of the molecule is CCCNc1cc(C(=O)N2CCNC(=O)C2)cc(C)n1. The second-order valence-corrected chi connectivity index (χ2v) is 4.89. The molecule has 6 heteroatoms. The first-order valence-electron chi connectivity index (χ1n) is 6.88. The smallest absolute Gasteiger partial charge is 0.254 e.